The van der Waals surface area contributed by atoms with Crippen molar-refractivity contribution < 1.29 is 27.3 Å². The summed E-state index contributed by atoms with van der Waals surface area (Å²) in [5.41, 5.74) is -0.344. The maximum absolute atomic E-state index is 16.3. The van der Waals surface area contributed by atoms with Crippen molar-refractivity contribution in [3.8, 4) is 22.4 Å². The molecule has 0 saturated heterocycles. The molecule has 0 radical (unpaired) electrons. The van der Waals surface area contributed by atoms with Crippen molar-refractivity contribution in [3.63, 3.8) is 0 Å². The quantitative estimate of drug-likeness (QED) is 0.307. The molecule has 9 nitrogen and oxygen atoms in total. The van der Waals surface area contributed by atoms with Crippen molar-refractivity contribution in [2.24, 2.45) is 0 Å². The Hall–Kier alpha value is -5.00. The molecule has 41 heavy (non-hydrogen) atoms. The normalized spacial score (nSPS) is 13.8. The topological polar surface area (TPSA) is 114 Å². The summed E-state index contributed by atoms with van der Waals surface area (Å²) in [5.74, 6) is -2.54. The van der Waals surface area contributed by atoms with Crippen LogP contribution in [0.3, 0.4) is 0 Å². The number of pyridine rings is 1. The summed E-state index contributed by atoms with van der Waals surface area (Å²) in [6.07, 6.45) is 2.59. The van der Waals surface area contributed by atoms with Crippen LogP contribution in [0, 0.1) is 31.3 Å². The standard InChI is InChI=1S/C29H23F3N6O3/c1-14-20(12-17(13-21(14)31)26(39)35-29(9-10-29)28-34-15(2)37-41-28)19-8-11-38-25(23(19)32)22(27(40)33-3)24(36-38)16-4-6-18(30)7-5-16/h4-8,11-13H,9-10H2,1-3H3,(H,33,40)(H,35,39). The minimum atomic E-state index is -0.841. The van der Waals surface area contributed by atoms with E-state index >= 15 is 8.78 Å². The predicted octanol–water partition coefficient (Wildman–Crippen LogP) is 4.86. The SMILES string of the molecule is CNC(=O)c1c(-c2ccc(F)cc2)nn2ccc(-c3cc(C(=O)NC4(c5nc(C)no5)CC4)cc(F)c3C)c(F)c12. The van der Waals surface area contributed by atoms with Crippen LogP contribution < -0.4 is 10.6 Å². The maximum atomic E-state index is 16.3. The van der Waals surface area contributed by atoms with Gasteiger partial charge in [-0.05, 0) is 80.3 Å². The van der Waals surface area contributed by atoms with E-state index < -0.39 is 34.8 Å². The van der Waals surface area contributed by atoms with Crippen LogP contribution >= 0.6 is 0 Å². The average molecular weight is 561 g/mol. The van der Waals surface area contributed by atoms with E-state index in [9.17, 15) is 14.0 Å². The van der Waals surface area contributed by atoms with E-state index in [-0.39, 0.29) is 44.9 Å². The molecule has 2 amide bonds. The van der Waals surface area contributed by atoms with E-state index in [4.69, 9.17) is 4.52 Å². The summed E-state index contributed by atoms with van der Waals surface area (Å²) in [6.45, 7) is 3.14. The van der Waals surface area contributed by atoms with Gasteiger partial charge in [0.25, 0.3) is 17.7 Å². The van der Waals surface area contributed by atoms with Gasteiger partial charge in [0.05, 0.1) is 5.56 Å². The molecule has 3 aromatic heterocycles. The van der Waals surface area contributed by atoms with Crippen LogP contribution in [0.2, 0.25) is 0 Å². The zero-order chi connectivity index (χ0) is 29.1. The first-order chi connectivity index (χ1) is 19.6. The van der Waals surface area contributed by atoms with Gasteiger partial charge in [0.2, 0.25) is 0 Å². The highest BCUT2D eigenvalue weighted by Gasteiger charge is 2.51. The lowest BCUT2D eigenvalue weighted by Gasteiger charge is -2.15. The molecule has 1 saturated carbocycles. The van der Waals surface area contributed by atoms with Gasteiger partial charge < -0.3 is 15.2 Å². The number of hydrogen-bond donors (Lipinski definition) is 2. The molecule has 3 heterocycles. The summed E-state index contributed by atoms with van der Waals surface area (Å²) < 4.78 is 51.5. The zero-order valence-electron chi connectivity index (χ0n) is 22.2. The molecular formula is C29H23F3N6O3. The molecule has 0 bridgehead atoms. The van der Waals surface area contributed by atoms with Crippen LogP contribution in [0.4, 0.5) is 13.2 Å². The van der Waals surface area contributed by atoms with Crippen molar-refractivity contribution in [1.82, 2.24) is 30.4 Å². The highest BCUT2D eigenvalue weighted by molar-refractivity contribution is 6.07. The van der Waals surface area contributed by atoms with Gasteiger partial charge in [-0.1, -0.05) is 5.16 Å². The van der Waals surface area contributed by atoms with Crippen LogP contribution in [-0.4, -0.2) is 38.6 Å². The summed E-state index contributed by atoms with van der Waals surface area (Å²) >= 11 is 0. The lowest BCUT2D eigenvalue weighted by atomic mass is 9.96. The van der Waals surface area contributed by atoms with Crippen LogP contribution in [0.15, 0.2) is 53.2 Å². The number of hydrogen-bond acceptors (Lipinski definition) is 6. The summed E-state index contributed by atoms with van der Waals surface area (Å²) in [7, 11) is 1.39. The minimum absolute atomic E-state index is 0.0306. The molecule has 12 heteroatoms. The first kappa shape index (κ1) is 26.2. The van der Waals surface area contributed by atoms with E-state index in [1.165, 1.54) is 61.1 Å². The van der Waals surface area contributed by atoms with Crippen LogP contribution in [0.1, 0.15) is 50.8 Å². The Morgan fingerprint density at radius 2 is 1.73 bits per heavy atom. The summed E-state index contributed by atoms with van der Waals surface area (Å²) in [5, 5.41) is 13.5. The van der Waals surface area contributed by atoms with Crippen LogP contribution in [-0.2, 0) is 5.54 Å². The molecule has 1 aliphatic carbocycles. The molecule has 0 atom stereocenters. The van der Waals surface area contributed by atoms with Gasteiger partial charge in [-0.15, -0.1) is 0 Å². The number of aryl methyl sites for hydroxylation is 1. The number of aromatic nitrogens is 4. The minimum Gasteiger partial charge on any atom is -0.355 e. The van der Waals surface area contributed by atoms with Crippen molar-refractivity contribution >= 4 is 17.3 Å². The van der Waals surface area contributed by atoms with Crippen molar-refractivity contribution in [2.45, 2.75) is 32.2 Å². The van der Waals surface area contributed by atoms with Gasteiger partial charge in [0, 0.05) is 29.9 Å². The van der Waals surface area contributed by atoms with Crippen LogP contribution in [0.25, 0.3) is 27.9 Å². The predicted molar refractivity (Wildman–Crippen MR) is 141 cm³/mol. The molecular weight excluding hydrogens is 537 g/mol. The fourth-order valence-electron chi connectivity index (χ4n) is 4.84. The Labute approximate surface area is 231 Å². The Morgan fingerprint density at radius 3 is 2.37 bits per heavy atom. The molecule has 1 fully saturated rings. The highest BCUT2D eigenvalue weighted by Crippen LogP contribution is 2.45. The Balaban J connectivity index is 1.45. The largest absolute Gasteiger partial charge is 0.355 e. The number of carbonyl (C=O) groups excluding carboxylic acids is 2. The molecule has 5 aromatic rings. The number of rotatable bonds is 6. The van der Waals surface area contributed by atoms with Gasteiger partial charge in [-0.2, -0.15) is 10.1 Å². The second-order valence-electron chi connectivity index (χ2n) is 9.96. The third-order valence-electron chi connectivity index (χ3n) is 7.25. The number of benzene rings is 2. The molecule has 0 unspecified atom stereocenters. The van der Waals surface area contributed by atoms with E-state index in [1.807, 2.05) is 0 Å². The number of nitrogens with zero attached hydrogens (tertiary/aromatic N) is 4. The summed E-state index contributed by atoms with van der Waals surface area (Å²) in [6, 6.07) is 9.17. The smallest absolute Gasteiger partial charge is 0.255 e. The molecule has 2 N–H and O–H groups in total. The van der Waals surface area contributed by atoms with E-state index in [2.05, 4.69) is 25.9 Å². The third kappa shape index (κ3) is 4.41. The zero-order valence-corrected chi connectivity index (χ0v) is 22.2. The first-order valence-corrected chi connectivity index (χ1v) is 12.7. The molecule has 1 aliphatic rings. The van der Waals surface area contributed by atoms with E-state index in [0.717, 1.165) is 6.07 Å². The van der Waals surface area contributed by atoms with E-state index in [1.54, 1.807) is 6.92 Å². The van der Waals surface area contributed by atoms with Crippen molar-refractivity contribution in [2.75, 3.05) is 7.05 Å². The van der Waals surface area contributed by atoms with Gasteiger partial charge in [-0.3, -0.25) is 9.59 Å². The molecule has 6 rings (SSSR count). The number of halogens is 3. The van der Waals surface area contributed by atoms with Gasteiger partial charge in [0.1, 0.15) is 28.4 Å². The Morgan fingerprint density at radius 1 is 1.00 bits per heavy atom. The molecule has 208 valence electrons. The molecule has 0 spiro atoms. The average Bonchev–Trinajstić information content (AvgIpc) is 3.41. The first-order valence-electron chi connectivity index (χ1n) is 12.7. The Bertz CT molecular complexity index is 1860. The molecule has 0 aliphatic heterocycles. The van der Waals surface area contributed by atoms with Crippen molar-refractivity contribution in [1.29, 1.82) is 0 Å². The summed E-state index contributed by atoms with van der Waals surface area (Å²) in [4.78, 5) is 30.4. The number of carbonyl (C=O) groups is 2. The lowest BCUT2D eigenvalue weighted by Crippen LogP contribution is -2.35. The van der Waals surface area contributed by atoms with Crippen molar-refractivity contribution in [3.05, 3.63) is 94.5 Å². The monoisotopic (exact) mass is 560 g/mol. The second-order valence-corrected chi connectivity index (χ2v) is 9.96. The second kappa shape index (κ2) is 9.58. The van der Waals surface area contributed by atoms with Gasteiger partial charge >= 0.3 is 0 Å². The maximum Gasteiger partial charge on any atom is 0.255 e. The van der Waals surface area contributed by atoms with Crippen LogP contribution in [0.5, 0.6) is 0 Å². The fourth-order valence-corrected chi connectivity index (χ4v) is 4.84. The lowest BCUT2D eigenvalue weighted by molar-refractivity contribution is 0.0919. The highest BCUT2D eigenvalue weighted by atomic mass is 19.1. The van der Waals surface area contributed by atoms with Gasteiger partial charge in [0.15, 0.2) is 11.6 Å². The number of fused-ring (bicyclic) bond motifs is 1. The van der Waals surface area contributed by atoms with Gasteiger partial charge in [-0.25, -0.2) is 17.7 Å². The van der Waals surface area contributed by atoms with E-state index in [0.29, 0.717) is 24.2 Å². The Kier molecular flexibility index (Phi) is 6.13. The fraction of sp³-hybridized carbons (Fsp3) is 0.207. The number of nitrogens with one attached hydrogen (secondary N) is 2. The number of amides is 2. The third-order valence-corrected chi connectivity index (χ3v) is 7.25. The molecule has 2 aromatic carbocycles.